The molecule has 0 spiro atoms. The van der Waals surface area contributed by atoms with Crippen molar-refractivity contribution in [2.24, 2.45) is 5.92 Å². The zero-order valence-corrected chi connectivity index (χ0v) is 11.8. The van der Waals surface area contributed by atoms with E-state index in [4.69, 9.17) is 0 Å². The van der Waals surface area contributed by atoms with Crippen LogP contribution in [0.2, 0.25) is 0 Å². The van der Waals surface area contributed by atoms with E-state index in [2.05, 4.69) is 30.3 Å². The van der Waals surface area contributed by atoms with Crippen molar-refractivity contribution >= 4 is 11.9 Å². The molecular weight excluding hydrogens is 254 g/mol. The van der Waals surface area contributed by atoms with Crippen molar-refractivity contribution in [3.05, 3.63) is 18.5 Å². The van der Waals surface area contributed by atoms with Crippen LogP contribution >= 0.6 is 0 Å². The Balaban J connectivity index is 1.87. The molecule has 1 aliphatic carbocycles. The summed E-state index contributed by atoms with van der Waals surface area (Å²) in [7, 11) is 3.83. The quantitative estimate of drug-likeness (QED) is 0.886. The van der Waals surface area contributed by atoms with Crippen LogP contribution in [0.25, 0.3) is 5.95 Å². The van der Waals surface area contributed by atoms with E-state index < -0.39 is 0 Å². The summed E-state index contributed by atoms with van der Waals surface area (Å²) in [4.78, 5) is 15.4. The highest BCUT2D eigenvalue weighted by atomic mass is 15.4. The molecule has 0 aromatic carbocycles. The van der Waals surface area contributed by atoms with Crippen LogP contribution in [0, 0.1) is 5.92 Å². The first-order valence-corrected chi connectivity index (χ1v) is 6.91. The first kappa shape index (κ1) is 12.8. The SMILES string of the molecule is CNc1nc(N(C)CC2CCC2)nc(-n2cccn2)n1. The molecule has 0 bridgehead atoms. The highest BCUT2D eigenvalue weighted by Crippen LogP contribution is 2.27. The number of anilines is 2. The summed E-state index contributed by atoms with van der Waals surface area (Å²) in [5, 5.41) is 7.14. The van der Waals surface area contributed by atoms with Crippen molar-refractivity contribution in [3.8, 4) is 5.95 Å². The molecular formula is C13H19N7. The standard InChI is InChI=1S/C13H19N7/c1-14-11-16-12(19(2)9-10-5-3-6-10)18-13(17-11)20-8-4-7-15-20/h4,7-8,10H,3,5-6,9H2,1-2H3,(H,14,16,17,18). The van der Waals surface area contributed by atoms with E-state index in [0.29, 0.717) is 17.8 Å². The van der Waals surface area contributed by atoms with E-state index in [-0.39, 0.29) is 0 Å². The van der Waals surface area contributed by atoms with Gasteiger partial charge >= 0.3 is 0 Å². The number of nitrogens with one attached hydrogen (secondary N) is 1. The third-order valence-corrected chi connectivity index (χ3v) is 3.64. The smallest absolute Gasteiger partial charge is 0.257 e. The summed E-state index contributed by atoms with van der Waals surface area (Å²) in [5.74, 6) is 2.54. The fourth-order valence-corrected chi connectivity index (χ4v) is 2.27. The van der Waals surface area contributed by atoms with E-state index >= 15 is 0 Å². The lowest BCUT2D eigenvalue weighted by atomic mass is 9.85. The minimum atomic E-state index is 0.532. The Bertz CT molecular complexity index is 562. The zero-order valence-electron chi connectivity index (χ0n) is 11.8. The van der Waals surface area contributed by atoms with E-state index in [1.807, 2.05) is 19.3 Å². The number of hydrogen-bond donors (Lipinski definition) is 1. The second-order valence-corrected chi connectivity index (χ2v) is 5.14. The highest BCUT2D eigenvalue weighted by Gasteiger charge is 2.21. The molecule has 1 fully saturated rings. The van der Waals surface area contributed by atoms with Gasteiger partial charge in [-0.05, 0) is 24.8 Å². The zero-order chi connectivity index (χ0) is 13.9. The second kappa shape index (κ2) is 5.44. The number of rotatable bonds is 5. The van der Waals surface area contributed by atoms with Gasteiger partial charge in [0.2, 0.25) is 11.9 Å². The Hall–Kier alpha value is -2.18. The van der Waals surface area contributed by atoms with Gasteiger partial charge in [-0.2, -0.15) is 20.1 Å². The van der Waals surface area contributed by atoms with Gasteiger partial charge in [-0.15, -0.1) is 0 Å². The van der Waals surface area contributed by atoms with Gasteiger partial charge in [0.15, 0.2) is 0 Å². The number of hydrogen-bond acceptors (Lipinski definition) is 6. The molecule has 7 heteroatoms. The van der Waals surface area contributed by atoms with Gasteiger partial charge in [-0.25, -0.2) is 4.68 Å². The first-order valence-electron chi connectivity index (χ1n) is 6.91. The second-order valence-electron chi connectivity index (χ2n) is 5.14. The predicted molar refractivity (Wildman–Crippen MR) is 77.1 cm³/mol. The molecule has 1 N–H and O–H groups in total. The molecule has 3 rings (SSSR count). The van der Waals surface area contributed by atoms with E-state index in [9.17, 15) is 0 Å². The van der Waals surface area contributed by atoms with E-state index in [0.717, 1.165) is 12.5 Å². The van der Waals surface area contributed by atoms with Crippen molar-refractivity contribution in [3.63, 3.8) is 0 Å². The predicted octanol–water partition coefficient (Wildman–Crippen LogP) is 1.34. The van der Waals surface area contributed by atoms with Crippen molar-refractivity contribution < 1.29 is 0 Å². The molecule has 2 aromatic heterocycles. The van der Waals surface area contributed by atoms with Crippen LogP contribution in [-0.2, 0) is 0 Å². The maximum Gasteiger partial charge on any atom is 0.257 e. The first-order chi connectivity index (χ1) is 9.76. The Morgan fingerprint density at radius 3 is 2.80 bits per heavy atom. The molecule has 0 amide bonds. The molecule has 0 saturated heterocycles. The van der Waals surface area contributed by atoms with Crippen LogP contribution in [0.3, 0.4) is 0 Å². The van der Waals surface area contributed by atoms with Gasteiger partial charge in [0.1, 0.15) is 0 Å². The van der Waals surface area contributed by atoms with Crippen molar-refractivity contribution in [1.29, 1.82) is 0 Å². The third kappa shape index (κ3) is 2.56. The largest absolute Gasteiger partial charge is 0.357 e. The van der Waals surface area contributed by atoms with Crippen LogP contribution in [0.15, 0.2) is 18.5 Å². The molecule has 106 valence electrons. The van der Waals surface area contributed by atoms with E-state index in [1.165, 1.54) is 19.3 Å². The van der Waals surface area contributed by atoms with Gasteiger partial charge in [0, 0.05) is 33.0 Å². The monoisotopic (exact) mass is 273 g/mol. The minimum Gasteiger partial charge on any atom is -0.357 e. The summed E-state index contributed by atoms with van der Waals surface area (Å²) in [6.45, 7) is 0.992. The molecule has 2 heterocycles. The van der Waals surface area contributed by atoms with Crippen molar-refractivity contribution in [2.45, 2.75) is 19.3 Å². The van der Waals surface area contributed by atoms with Crippen molar-refractivity contribution in [1.82, 2.24) is 24.7 Å². The van der Waals surface area contributed by atoms with E-state index in [1.54, 1.807) is 17.9 Å². The van der Waals surface area contributed by atoms with Crippen LogP contribution in [-0.4, -0.2) is 45.4 Å². The summed E-state index contributed by atoms with van der Waals surface area (Å²) < 4.78 is 1.64. The fraction of sp³-hybridized carbons (Fsp3) is 0.538. The highest BCUT2D eigenvalue weighted by molar-refractivity contribution is 5.39. The summed E-state index contributed by atoms with van der Waals surface area (Å²) in [6, 6.07) is 1.85. The molecule has 0 aliphatic heterocycles. The normalized spacial score (nSPS) is 14.9. The number of nitrogens with zero attached hydrogens (tertiary/aromatic N) is 6. The average molecular weight is 273 g/mol. The fourth-order valence-electron chi connectivity index (χ4n) is 2.27. The van der Waals surface area contributed by atoms with Gasteiger partial charge in [-0.1, -0.05) is 6.42 Å². The lowest BCUT2D eigenvalue weighted by Crippen LogP contribution is -2.31. The summed E-state index contributed by atoms with van der Waals surface area (Å²) >= 11 is 0. The minimum absolute atomic E-state index is 0.532. The Kier molecular flexibility index (Phi) is 3.49. The topological polar surface area (TPSA) is 71.8 Å². The van der Waals surface area contributed by atoms with Crippen LogP contribution < -0.4 is 10.2 Å². The van der Waals surface area contributed by atoms with Gasteiger partial charge in [0.25, 0.3) is 5.95 Å². The Labute approximate surface area is 118 Å². The van der Waals surface area contributed by atoms with Gasteiger partial charge in [-0.3, -0.25) is 0 Å². The molecule has 1 aliphatic rings. The molecule has 20 heavy (non-hydrogen) atoms. The van der Waals surface area contributed by atoms with Gasteiger partial charge in [0.05, 0.1) is 0 Å². The van der Waals surface area contributed by atoms with Gasteiger partial charge < -0.3 is 10.2 Å². The Morgan fingerprint density at radius 1 is 1.35 bits per heavy atom. The van der Waals surface area contributed by atoms with Crippen LogP contribution in [0.1, 0.15) is 19.3 Å². The molecule has 7 nitrogen and oxygen atoms in total. The Morgan fingerprint density at radius 2 is 2.20 bits per heavy atom. The molecule has 0 radical (unpaired) electrons. The van der Waals surface area contributed by atoms with Crippen LogP contribution in [0.5, 0.6) is 0 Å². The lowest BCUT2D eigenvalue weighted by molar-refractivity contribution is 0.320. The molecule has 1 saturated carbocycles. The maximum absolute atomic E-state index is 4.50. The molecule has 0 atom stereocenters. The maximum atomic E-state index is 4.50. The summed E-state index contributed by atoms with van der Waals surface area (Å²) in [6.07, 6.45) is 7.49. The van der Waals surface area contributed by atoms with Crippen molar-refractivity contribution in [2.75, 3.05) is 30.9 Å². The lowest BCUT2D eigenvalue weighted by Gasteiger charge is -2.30. The molecule has 0 unspecified atom stereocenters. The number of aromatic nitrogens is 5. The summed E-state index contributed by atoms with van der Waals surface area (Å²) in [5.41, 5.74) is 0. The molecule has 2 aromatic rings. The average Bonchev–Trinajstić information content (AvgIpc) is 2.96. The third-order valence-electron chi connectivity index (χ3n) is 3.64. The van der Waals surface area contributed by atoms with Crippen LogP contribution in [0.4, 0.5) is 11.9 Å².